The minimum absolute atomic E-state index is 0.159. The quantitative estimate of drug-likeness (QED) is 0.626. The van der Waals surface area contributed by atoms with Gasteiger partial charge in [-0.3, -0.25) is 0 Å². The van der Waals surface area contributed by atoms with Crippen LogP contribution in [0.3, 0.4) is 0 Å². The second-order valence-corrected chi connectivity index (χ2v) is 4.30. The number of rotatable bonds is 1. The Morgan fingerprint density at radius 2 is 2.00 bits per heavy atom. The van der Waals surface area contributed by atoms with Crippen LogP contribution in [0.2, 0.25) is 0 Å². The van der Waals surface area contributed by atoms with Gasteiger partial charge in [0.15, 0.2) is 5.11 Å². The Labute approximate surface area is 116 Å². The van der Waals surface area contributed by atoms with Crippen LogP contribution in [0.15, 0.2) is 33.5 Å². The fraction of sp³-hybridized carbons (Fsp3) is 0.167. The number of hydrogen-bond acceptors (Lipinski definition) is 3. The molecule has 0 unspecified atom stereocenters. The summed E-state index contributed by atoms with van der Waals surface area (Å²) in [5.74, 6) is 0. The molecule has 0 aliphatic heterocycles. The van der Waals surface area contributed by atoms with Crippen LogP contribution in [0.25, 0.3) is 11.0 Å². The van der Waals surface area contributed by atoms with Gasteiger partial charge in [-0.05, 0) is 24.4 Å². The molecule has 4 nitrogen and oxygen atoms in total. The van der Waals surface area contributed by atoms with Crippen molar-refractivity contribution in [1.82, 2.24) is 5.32 Å². The zero-order chi connectivity index (χ0) is 14.9. The molecule has 1 aromatic heterocycles. The third kappa shape index (κ3) is 2.90. The van der Waals surface area contributed by atoms with E-state index in [9.17, 15) is 18.0 Å². The lowest BCUT2D eigenvalue weighted by Crippen LogP contribution is -2.24. The van der Waals surface area contributed by atoms with Crippen molar-refractivity contribution in [3.8, 4) is 0 Å². The lowest BCUT2D eigenvalue weighted by atomic mass is 10.1. The smallest absolute Gasteiger partial charge is 0.417 e. The Morgan fingerprint density at radius 3 is 2.60 bits per heavy atom. The van der Waals surface area contributed by atoms with Crippen LogP contribution in [0.5, 0.6) is 0 Å². The molecule has 0 amide bonds. The Hall–Kier alpha value is -2.09. The van der Waals surface area contributed by atoms with E-state index < -0.39 is 17.4 Å². The maximum atomic E-state index is 12.8. The molecule has 8 heteroatoms. The van der Waals surface area contributed by atoms with Gasteiger partial charge in [0, 0.05) is 30.3 Å². The van der Waals surface area contributed by atoms with Crippen LogP contribution in [0, 0.1) is 0 Å². The first-order chi connectivity index (χ1) is 9.31. The molecule has 1 heterocycles. The van der Waals surface area contributed by atoms with Crippen LogP contribution in [0.4, 0.5) is 18.9 Å². The van der Waals surface area contributed by atoms with E-state index in [1.54, 1.807) is 7.05 Å². The van der Waals surface area contributed by atoms with E-state index >= 15 is 0 Å². The van der Waals surface area contributed by atoms with Gasteiger partial charge in [-0.1, -0.05) is 0 Å². The van der Waals surface area contributed by atoms with Gasteiger partial charge >= 0.3 is 11.8 Å². The molecular weight excluding hydrogens is 293 g/mol. The first-order valence-electron chi connectivity index (χ1n) is 5.45. The van der Waals surface area contributed by atoms with E-state index in [4.69, 9.17) is 16.6 Å². The summed E-state index contributed by atoms with van der Waals surface area (Å²) in [4.78, 5) is 11.2. The highest BCUT2D eigenvalue weighted by atomic mass is 32.1. The van der Waals surface area contributed by atoms with Gasteiger partial charge in [0.2, 0.25) is 0 Å². The molecule has 0 atom stereocenters. The van der Waals surface area contributed by atoms with Crippen LogP contribution >= 0.6 is 12.2 Å². The van der Waals surface area contributed by atoms with Crippen molar-refractivity contribution in [2.75, 3.05) is 12.4 Å². The highest BCUT2D eigenvalue weighted by Gasteiger charge is 2.33. The minimum atomic E-state index is -4.62. The molecule has 0 aliphatic rings. The number of benzene rings is 1. The molecule has 20 heavy (non-hydrogen) atoms. The molecule has 0 aliphatic carbocycles. The second-order valence-electron chi connectivity index (χ2n) is 3.89. The normalized spacial score (nSPS) is 11.4. The minimum Gasteiger partial charge on any atom is -0.423 e. The monoisotopic (exact) mass is 302 g/mol. The van der Waals surface area contributed by atoms with Crippen LogP contribution in [0.1, 0.15) is 5.56 Å². The number of halogens is 3. The van der Waals surface area contributed by atoms with E-state index in [1.165, 1.54) is 18.2 Å². The number of thiocarbonyl (C=S) groups is 1. The van der Waals surface area contributed by atoms with Gasteiger partial charge < -0.3 is 15.1 Å². The number of alkyl halides is 3. The Morgan fingerprint density at radius 1 is 1.30 bits per heavy atom. The summed E-state index contributed by atoms with van der Waals surface area (Å²) in [5, 5.41) is 5.50. The van der Waals surface area contributed by atoms with Crippen LogP contribution in [-0.2, 0) is 6.18 Å². The van der Waals surface area contributed by atoms with Gasteiger partial charge in [0.05, 0.1) is 5.56 Å². The summed E-state index contributed by atoms with van der Waals surface area (Å²) < 4.78 is 43.3. The first kappa shape index (κ1) is 14.3. The maximum Gasteiger partial charge on any atom is 0.417 e. The molecule has 2 N–H and O–H groups in total. The van der Waals surface area contributed by atoms with Gasteiger partial charge in [-0.2, -0.15) is 13.2 Å². The fourth-order valence-electron chi connectivity index (χ4n) is 1.67. The number of hydrogen-bond donors (Lipinski definition) is 2. The molecule has 0 radical (unpaired) electrons. The number of anilines is 1. The molecule has 2 aromatic rings. The second kappa shape index (κ2) is 5.12. The largest absolute Gasteiger partial charge is 0.423 e. The molecule has 2 rings (SSSR count). The zero-order valence-electron chi connectivity index (χ0n) is 10.2. The highest BCUT2D eigenvalue weighted by Crippen LogP contribution is 2.34. The first-order valence-corrected chi connectivity index (χ1v) is 5.86. The van der Waals surface area contributed by atoms with E-state index in [-0.39, 0.29) is 11.0 Å². The number of fused-ring (bicyclic) bond motifs is 1. The molecule has 106 valence electrons. The van der Waals surface area contributed by atoms with Gasteiger partial charge in [0.25, 0.3) is 0 Å². The molecule has 0 saturated carbocycles. The third-order valence-corrected chi connectivity index (χ3v) is 2.84. The third-order valence-electron chi connectivity index (χ3n) is 2.53. The van der Waals surface area contributed by atoms with Crippen molar-refractivity contribution in [3.05, 3.63) is 40.2 Å². The average molecular weight is 302 g/mol. The standard InChI is InChI=1S/C12H9F3N2O2S/c1-16-11(20)17-6-2-3-7-8(12(13,14)15)5-10(18)19-9(7)4-6/h2-5H,1H3,(H2,16,17,20). The van der Waals surface area contributed by atoms with Crippen LogP contribution in [-0.4, -0.2) is 12.2 Å². The lowest BCUT2D eigenvalue weighted by Gasteiger charge is -2.11. The number of nitrogens with one attached hydrogen (secondary N) is 2. The van der Waals surface area contributed by atoms with E-state index in [1.807, 2.05) is 0 Å². The van der Waals surface area contributed by atoms with Crippen molar-refractivity contribution >= 4 is 34.0 Å². The molecular formula is C12H9F3N2O2S. The van der Waals surface area contributed by atoms with Crippen molar-refractivity contribution in [3.63, 3.8) is 0 Å². The summed E-state index contributed by atoms with van der Waals surface area (Å²) >= 11 is 4.88. The van der Waals surface area contributed by atoms with Crippen molar-refractivity contribution in [1.29, 1.82) is 0 Å². The highest BCUT2D eigenvalue weighted by molar-refractivity contribution is 7.80. The summed E-state index contributed by atoms with van der Waals surface area (Å²) in [6, 6.07) is 4.37. The Bertz CT molecular complexity index is 725. The Kier molecular flexibility index (Phi) is 3.67. The summed E-state index contributed by atoms with van der Waals surface area (Å²) in [6.45, 7) is 0. The predicted octanol–water partition coefficient (Wildman–Crippen LogP) is 2.73. The van der Waals surface area contributed by atoms with E-state index in [0.717, 1.165) is 0 Å². The van der Waals surface area contributed by atoms with Gasteiger partial charge in [-0.25, -0.2) is 4.79 Å². The summed E-state index contributed by atoms with van der Waals surface area (Å²) in [5.41, 5.74) is -1.82. The summed E-state index contributed by atoms with van der Waals surface area (Å²) in [6.07, 6.45) is -4.62. The SMILES string of the molecule is CNC(=S)Nc1ccc2c(C(F)(F)F)cc(=O)oc2c1. The lowest BCUT2D eigenvalue weighted by molar-refractivity contribution is -0.136. The van der Waals surface area contributed by atoms with Gasteiger partial charge in [-0.15, -0.1) is 0 Å². The molecule has 0 fully saturated rings. The van der Waals surface area contributed by atoms with E-state index in [0.29, 0.717) is 16.9 Å². The average Bonchev–Trinajstić information content (AvgIpc) is 2.36. The van der Waals surface area contributed by atoms with Crippen LogP contribution < -0.4 is 16.3 Å². The Balaban J connectivity index is 2.59. The van der Waals surface area contributed by atoms with Gasteiger partial charge in [0.1, 0.15) is 5.58 Å². The van der Waals surface area contributed by atoms with Crippen molar-refractivity contribution in [2.24, 2.45) is 0 Å². The molecule has 0 bridgehead atoms. The zero-order valence-corrected chi connectivity index (χ0v) is 11.0. The van der Waals surface area contributed by atoms with E-state index in [2.05, 4.69) is 10.6 Å². The molecule has 0 spiro atoms. The molecule has 1 aromatic carbocycles. The predicted molar refractivity (Wildman–Crippen MR) is 72.8 cm³/mol. The summed E-state index contributed by atoms with van der Waals surface area (Å²) in [7, 11) is 1.60. The maximum absolute atomic E-state index is 12.8. The topological polar surface area (TPSA) is 54.3 Å². The fourth-order valence-corrected chi connectivity index (χ4v) is 1.79. The molecule has 0 saturated heterocycles. The van der Waals surface area contributed by atoms with Crippen molar-refractivity contribution < 1.29 is 17.6 Å². The van der Waals surface area contributed by atoms with Crippen molar-refractivity contribution in [2.45, 2.75) is 6.18 Å².